The van der Waals surface area contributed by atoms with Crippen molar-refractivity contribution in [1.82, 2.24) is 5.32 Å². The molecule has 0 spiro atoms. The fraction of sp³-hybridized carbons (Fsp3) is 0.333. The van der Waals surface area contributed by atoms with Crippen LogP contribution in [-0.4, -0.2) is 11.3 Å². The summed E-state index contributed by atoms with van der Waals surface area (Å²) in [7, 11) is 0. The molecule has 2 amide bonds. The first-order chi connectivity index (χ1) is 3.13. The van der Waals surface area contributed by atoms with Gasteiger partial charge in [0.05, 0.1) is 0 Å². The molecule has 0 radical (unpaired) electrons. The highest BCUT2D eigenvalue weighted by atomic mass is 35.5. The van der Waals surface area contributed by atoms with Gasteiger partial charge in [-0.25, -0.2) is 0 Å². The van der Waals surface area contributed by atoms with Crippen molar-refractivity contribution in [2.75, 3.05) is 0 Å². The molecule has 40 valence electrons. The molecular formula is C3H4ClNO2. The molecule has 0 aromatic rings. The van der Waals surface area contributed by atoms with Crippen molar-refractivity contribution >= 4 is 22.9 Å². The lowest BCUT2D eigenvalue weighted by Crippen LogP contribution is -2.21. The first-order valence-corrected chi connectivity index (χ1v) is 1.98. The third kappa shape index (κ3) is 5.43. The molecule has 0 heterocycles. The monoisotopic (exact) mass is 121 g/mol. The molecule has 4 heteroatoms. The highest BCUT2D eigenvalue weighted by Crippen LogP contribution is 1.73. The lowest BCUT2D eigenvalue weighted by Gasteiger charge is -1.85. The molecule has 0 aliphatic carbocycles. The fourth-order valence-corrected chi connectivity index (χ4v) is 0.271. The Balaban J connectivity index is 3.32. The molecule has 0 atom stereocenters. The molecule has 1 N–H and O–H groups in total. The van der Waals surface area contributed by atoms with Crippen LogP contribution in [0.3, 0.4) is 0 Å². The Labute approximate surface area is 45.6 Å². The predicted molar refractivity (Wildman–Crippen MR) is 25.1 cm³/mol. The number of hydrogen-bond acceptors (Lipinski definition) is 2. The molecule has 0 aromatic carbocycles. The van der Waals surface area contributed by atoms with Gasteiger partial charge in [0.15, 0.2) is 0 Å². The maximum absolute atomic E-state index is 9.84. The SMILES string of the molecule is CC(=O)NC(=O)Cl. The zero-order valence-electron chi connectivity index (χ0n) is 3.69. The predicted octanol–water partition coefficient (Wildman–Crippen LogP) is 0.481. The maximum atomic E-state index is 9.84. The van der Waals surface area contributed by atoms with E-state index in [-0.39, 0.29) is 0 Å². The van der Waals surface area contributed by atoms with E-state index in [0.717, 1.165) is 0 Å². The topological polar surface area (TPSA) is 46.2 Å². The molecule has 0 aliphatic heterocycles. The van der Waals surface area contributed by atoms with Crippen molar-refractivity contribution in [2.24, 2.45) is 0 Å². The smallest absolute Gasteiger partial charge is 0.283 e. The summed E-state index contributed by atoms with van der Waals surface area (Å²) in [6.45, 7) is 1.21. The van der Waals surface area contributed by atoms with E-state index in [2.05, 4.69) is 0 Å². The molecule has 0 unspecified atom stereocenters. The van der Waals surface area contributed by atoms with E-state index < -0.39 is 11.3 Å². The Bertz CT molecular complexity index is 89.1. The van der Waals surface area contributed by atoms with E-state index >= 15 is 0 Å². The van der Waals surface area contributed by atoms with Crippen LogP contribution in [0.25, 0.3) is 0 Å². The van der Waals surface area contributed by atoms with Crippen LogP contribution in [0.15, 0.2) is 0 Å². The minimum Gasteiger partial charge on any atom is -0.283 e. The molecule has 0 bridgehead atoms. The van der Waals surface area contributed by atoms with Gasteiger partial charge in [0, 0.05) is 6.92 Å². The summed E-state index contributed by atoms with van der Waals surface area (Å²) in [5.74, 6) is -0.444. The van der Waals surface area contributed by atoms with Crippen LogP contribution in [0.4, 0.5) is 4.79 Å². The van der Waals surface area contributed by atoms with E-state index in [4.69, 9.17) is 11.6 Å². The largest absolute Gasteiger partial charge is 0.320 e. The van der Waals surface area contributed by atoms with E-state index in [1.165, 1.54) is 6.92 Å². The summed E-state index contributed by atoms with van der Waals surface area (Å²) in [5, 5.41) is 0.953. The van der Waals surface area contributed by atoms with E-state index in [0.29, 0.717) is 0 Å². The lowest BCUT2D eigenvalue weighted by atomic mass is 10.7. The average Bonchev–Trinajstić information content (AvgIpc) is 1.27. The third-order valence-electron chi connectivity index (χ3n) is 0.274. The number of carbonyl (C=O) groups excluding carboxylic acids is 2. The van der Waals surface area contributed by atoms with Crippen molar-refractivity contribution in [3.63, 3.8) is 0 Å². The zero-order valence-corrected chi connectivity index (χ0v) is 4.45. The number of halogens is 1. The summed E-state index contributed by atoms with van der Waals surface area (Å²) in [6.07, 6.45) is 0. The zero-order chi connectivity index (χ0) is 5.86. The molecular weight excluding hydrogens is 117 g/mol. The van der Waals surface area contributed by atoms with Crippen molar-refractivity contribution in [3.05, 3.63) is 0 Å². The van der Waals surface area contributed by atoms with E-state index in [1.54, 1.807) is 5.32 Å². The molecule has 0 saturated carbocycles. The molecule has 7 heavy (non-hydrogen) atoms. The van der Waals surface area contributed by atoms with Gasteiger partial charge < -0.3 is 0 Å². The van der Waals surface area contributed by atoms with E-state index in [1.807, 2.05) is 0 Å². The first kappa shape index (κ1) is 6.43. The van der Waals surface area contributed by atoms with Gasteiger partial charge in [0.1, 0.15) is 0 Å². The Hall–Kier alpha value is -0.570. The van der Waals surface area contributed by atoms with Crippen LogP contribution in [0.2, 0.25) is 0 Å². The summed E-state index contributed by atoms with van der Waals surface area (Å²) >= 11 is 4.70. The van der Waals surface area contributed by atoms with Gasteiger partial charge in [-0.2, -0.15) is 0 Å². The fourth-order valence-electron chi connectivity index (χ4n) is 0.138. The second-order valence-electron chi connectivity index (χ2n) is 0.955. The highest BCUT2D eigenvalue weighted by molar-refractivity contribution is 6.64. The number of amides is 2. The number of imide groups is 1. The number of carbonyl (C=O) groups is 2. The van der Waals surface area contributed by atoms with Gasteiger partial charge in [-0.05, 0) is 11.6 Å². The summed E-state index contributed by atoms with van der Waals surface area (Å²) < 4.78 is 0. The molecule has 0 aromatic heterocycles. The van der Waals surface area contributed by atoms with Gasteiger partial charge in [0.25, 0.3) is 0 Å². The van der Waals surface area contributed by atoms with Gasteiger partial charge in [0.2, 0.25) is 5.91 Å². The van der Waals surface area contributed by atoms with Crippen LogP contribution in [0, 0.1) is 0 Å². The number of hydrogen-bond donors (Lipinski definition) is 1. The van der Waals surface area contributed by atoms with Gasteiger partial charge in [-0.3, -0.25) is 14.9 Å². The van der Waals surface area contributed by atoms with Crippen molar-refractivity contribution in [3.8, 4) is 0 Å². The minimum atomic E-state index is -0.840. The second-order valence-corrected chi connectivity index (χ2v) is 1.30. The van der Waals surface area contributed by atoms with Gasteiger partial charge >= 0.3 is 5.37 Å². The summed E-state index contributed by atoms with van der Waals surface area (Å²) in [4.78, 5) is 19.5. The van der Waals surface area contributed by atoms with Crippen molar-refractivity contribution < 1.29 is 9.59 Å². The Morgan fingerprint density at radius 3 is 2.00 bits per heavy atom. The van der Waals surface area contributed by atoms with Crippen molar-refractivity contribution in [1.29, 1.82) is 0 Å². The number of rotatable bonds is 0. The van der Waals surface area contributed by atoms with Crippen molar-refractivity contribution in [2.45, 2.75) is 6.92 Å². The number of nitrogens with one attached hydrogen (secondary N) is 1. The van der Waals surface area contributed by atoms with E-state index in [9.17, 15) is 9.59 Å². The standard InChI is InChI=1S/C3H4ClNO2/c1-2(6)5-3(4)7/h1H3,(H,5,6,7). The highest BCUT2D eigenvalue weighted by Gasteiger charge is 1.93. The van der Waals surface area contributed by atoms with Crippen LogP contribution in [0.1, 0.15) is 6.92 Å². The minimum absolute atomic E-state index is 0.444. The van der Waals surface area contributed by atoms with Gasteiger partial charge in [-0.15, -0.1) is 0 Å². The molecule has 0 rings (SSSR count). The Morgan fingerprint density at radius 1 is 1.57 bits per heavy atom. The van der Waals surface area contributed by atoms with Gasteiger partial charge in [-0.1, -0.05) is 0 Å². The van der Waals surface area contributed by atoms with Crippen LogP contribution in [-0.2, 0) is 4.79 Å². The normalized spacial score (nSPS) is 7.71. The van der Waals surface area contributed by atoms with Crippen LogP contribution < -0.4 is 5.32 Å². The molecule has 3 nitrogen and oxygen atoms in total. The summed E-state index contributed by atoms with van der Waals surface area (Å²) in [6, 6.07) is 0. The second kappa shape index (κ2) is 2.58. The third-order valence-corrected chi connectivity index (χ3v) is 0.369. The maximum Gasteiger partial charge on any atom is 0.320 e. The quantitative estimate of drug-likeness (QED) is 0.374. The molecule has 0 fully saturated rings. The lowest BCUT2D eigenvalue weighted by molar-refractivity contribution is -0.117. The Kier molecular flexibility index (Phi) is 2.37. The summed E-state index contributed by atoms with van der Waals surface area (Å²) in [5.41, 5.74) is 0. The molecule has 0 saturated heterocycles. The first-order valence-electron chi connectivity index (χ1n) is 1.60. The Morgan fingerprint density at radius 2 is 2.00 bits per heavy atom. The molecule has 0 aliphatic rings. The van der Waals surface area contributed by atoms with Crippen LogP contribution >= 0.6 is 11.6 Å². The average molecular weight is 122 g/mol. The van der Waals surface area contributed by atoms with Crippen LogP contribution in [0.5, 0.6) is 0 Å².